The number of piperidine rings is 1. The molecular formula is C17H25N3O2. The molecule has 0 aliphatic carbocycles. The van der Waals surface area contributed by atoms with Crippen LogP contribution in [-0.2, 0) is 16.1 Å². The van der Waals surface area contributed by atoms with Crippen LogP contribution in [0.1, 0.15) is 25.3 Å². The number of carbonyl (C=O) groups is 2. The molecule has 22 heavy (non-hydrogen) atoms. The third-order valence-electron chi connectivity index (χ3n) is 4.45. The van der Waals surface area contributed by atoms with Gasteiger partial charge in [-0.2, -0.15) is 0 Å². The predicted molar refractivity (Wildman–Crippen MR) is 86.1 cm³/mol. The first-order valence-electron chi connectivity index (χ1n) is 7.79. The van der Waals surface area contributed by atoms with Gasteiger partial charge in [-0.05, 0) is 31.5 Å². The lowest BCUT2D eigenvalue weighted by Gasteiger charge is -2.38. The van der Waals surface area contributed by atoms with E-state index in [9.17, 15) is 9.59 Å². The smallest absolute Gasteiger partial charge is 0.239 e. The minimum absolute atomic E-state index is 0.0181. The van der Waals surface area contributed by atoms with Gasteiger partial charge in [0.15, 0.2) is 0 Å². The fourth-order valence-electron chi connectivity index (χ4n) is 2.74. The Balaban J connectivity index is 1.82. The first-order chi connectivity index (χ1) is 10.5. The van der Waals surface area contributed by atoms with Crippen molar-refractivity contribution in [1.82, 2.24) is 15.5 Å². The van der Waals surface area contributed by atoms with Gasteiger partial charge in [-0.25, -0.2) is 0 Å². The minimum atomic E-state index is -0.374. The number of nitrogens with one attached hydrogen (secondary N) is 2. The molecule has 2 rings (SSSR count). The van der Waals surface area contributed by atoms with Crippen LogP contribution in [0.5, 0.6) is 0 Å². The lowest BCUT2D eigenvalue weighted by Crippen LogP contribution is -2.48. The molecule has 1 aliphatic rings. The molecule has 0 unspecified atom stereocenters. The van der Waals surface area contributed by atoms with Crippen LogP contribution in [0, 0.1) is 5.41 Å². The molecule has 0 aromatic heterocycles. The van der Waals surface area contributed by atoms with Gasteiger partial charge in [-0.3, -0.25) is 14.5 Å². The van der Waals surface area contributed by atoms with Crippen LogP contribution < -0.4 is 10.6 Å². The zero-order valence-corrected chi connectivity index (χ0v) is 13.4. The Hall–Kier alpha value is -1.88. The minimum Gasteiger partial charge on any atom is -0.358 e. The van der Waals surface area contributed by atoms with Crippen molar-refractivity contribution in [2.24, 2.45) is 5.41 Å². The molecule has 1 heterocycles. The van der Waals surface area contributed by atoms with Crippen LogP contribution in [0.2, 0.25) is 0 Å². The summed E-state index contributed by atoms with van der Waals surface area (Å²) in [7, 11) is 1.57. The van der Waals surface area contributed by atoms with Crippen molar-refractivity contribution in [1.29, 1.82) is 0 Å². The number of benzene rings is 1. The average Bonchev–Trinajstić information content (AvgIpc) is 2.55. The molecule has 1 aromatic carbocycles. The average molecular weight is 303 g/mol. The number of nitrogens with zero attached hydrogens (tertiary/aromatic N) is 1. The summed E-state index contributed by atoms with van der Waals surface area (Å²) in [5.74, 6) is -0.186. The number of hydrogen-bond donors (Lipinski definition) is 2. The van der Waals surface area contributed by atoms with Crippen LogP contribution in [0.15, 0.2) is 30.3 Å². The highest BCUT2D eigenvalue weighted by atomic mass is 16.2. The van der Waals surface area contributed by atoms with E-state index in [1.165, 1.54) is 5.56 Å². The second-order valence-electron chi connectivity index (χ2n) is 6.18. The molecule has 5 nitrogen and oxygen atoms in total. The third kappa shape index (κ3) is 4.31. The van der Waals surface area contributed by atoms with Crippen molar-refractivity contribution in [2.75, 3.05) is 26.7 Å². The number of likely N-dealkylation sites (tertiary alicyclic amines) is 1. The molecule has 1 fully saturated rings. The Bertz CT molecular complexity index is 508. The van der Waals surface area contributed by atoms with Crippen LogP contribution >= 0.6 is 0 Å². The summed E-state index contributed by atoms with van der Waals surface area (Å²) >= 11 is 0. The zero-order valence-electron chi connectivity index (χ0n) is 13.4. The normalized spacial score (nSPS) is 17.7. The molecule has 1 aliphatic heterocycles. The summed E-state index contributed by atoms with van der Waals surface area (Å²) in [5, 5.41) is 5.25. The second-order valence-corrected chi connectivity index (χ2v) is 6.18. The highest BCUT2D eigenvalue weighted by molar-refractivity contribution is 5.87. The monoisotopic (exact) mass is 303 g/mol. The van der Waals surface area contributed by atoms with Crippen molar-refractivity contribution in [2.45, 2.75) is 26.3 Å². The van der Waals surface area contributed by atoms with Crippen LogP contribution in [0.3, 0.4) is 0 Å². The van der Waals surface area contributed by atoms with Gasteiger partial charge in [0.2, 0.25) is 11.8 Å². The van der Waals surface area contributed by atoms with Crippen molar-refractivity contribution in [3.63, 3.8) is 0 Å². The topological polar surface area (TPSA) is 61.4 Å². The van der Waals surface area contributed by atoms with E-state index in [2.05, 4.69) is 39.8 Å². The lowest BCUT2D eigenvalue weighted by molar-refractivity contribution is -0.134. The molecule has 0 spiro atoms. The lowest BCUT2D eigenvalue weighted by atomic mass is 9.79. The quantitative estimate of drug-likeness (QED) is 0.858. The van der Waals surface area contributed by atoms with Crippen molar-refractivity contribution < 1.29 is 9.59 Å². The number of amides is 2. The molecule has 0 bridgehead atoms. The molecule has 1 saturated heterocycles. The molecule has 120 valence electrons. The van der Waals surface area contributed by atoms with E-state index in [0.717, 1.165) is 32.5 Å². The van der Waals surface area contributed by atoms with Gasteiger partial charge in [-0.1, -0.05) is 37.3 Å². The first-order valence-corrected chi connectivity index (χ1v) is 7.79. The van der Waals surface area contributed by atoms with Gasteiger partial charge in [0.05, 0.1) is 6.54 Å². The van der Waals surface area contributed by atoms with Gasteiger partial charge < -0.3 is 10.6 Å². The molecule has 0 radical (unpaired) electrons. The first kappa shape index (κ1) is 16.5. The number of likely N-dealkylation sites (N-methyl/N-ethyl adjacent to an activating group) is 1. The number of hydrogen-bond acceptors (Lipinski definition) is 3. The predicted octanol–water partition coefficient (Wildman–Crippen LogP) is 1.15. The molecule has 1 aromatic rings. The standard InChI is InChI=1S/C17H25N3O2/c1-17(16(22)19-12-15(21)18-2)8-10-20(11-9-17)13-14-6-4-3-5-7-14/h3-7H,8-13H2,1-2H3,(H,18,21)(H,19,22). The highest BCUT2D eigenvalue weighted by Crippen LogP contribution is 2.31. The molecule has 5 heteroatoms. The van der Waals surface area contributed by atoms with Gasteiger partial charge >= 0.3 is 0 Å². The van der Waals surface area contributed by atoms with Crippen molar-refractivity contribution in [3.05, 3.63) is 35.9 Å². The molecule has 0 atom stereocenters. The fourth-order valence-corrected chi connectivity index (χ4v) is 2.74. The van der Waals surface area contributed by atoms with Crippen LogP contribution in [0.4, 0.5) is 0 Å². The third-order valence-corrected chi connectivity index (χ3v) is 4.45. The molecule has 2 amide bonds. The maximum Gasteiger partial charge on any atom is 0.239 e. The fraction of sp³-hybridized carbons (Fsp3) is 0.529. The van der Waals surface area contributed by atoms with Crippen molar-refractivity contribution in [3.8, 4) is 0 Å². The summed E-state index contributed by atoms with van der Waals surface area (Å²) < 4.78 is 0. The Morgan fingerprint density at radius 2 is 1.82 bits per heavy atom. The van der Waals surface area contributed by atoms with E-state index in [1.807, 2.05) is 13.0 Å². The largest absolute Gasteiger partial charge is 0.358 e. The number of rotatable bonds is 5. The van der Waals surface area contributed by atoms with Crippen LogP contribution in [0.25, 0.3) is 0 Å². The van der Waals surface area contributed by atoms with Gasteiger partial charge in [0.1, 0.15) is 0 Å². The number of carbonyl (C=O) groups excluding carboxylic acids is 2. The van der Waals surface area contributed by atoms with Gasteiger partial charge in [0, 0.05) is 19.0 Å². The highest BCUT2D eigenvalue weighted by Gasteiger charge is 2.36. The Morgan fingerprint density at radius 3 is 2.41 bits per heavy atom. The van der Waals surface area contributed by atoms with Crippen molar-refractivity contribution >= 4 is 11.8 Å². The summed E-state index contributed by atoms with van der Waals surface area (Å²) in [6.45, 7) is 4.78. The van der Waals surface area contributed by atoms with Crippen LogP contribution in [-0.4, -0.2) is 43.4 Å². The Morgan fingerprint density at radius 1 is 1.18 bits per heavy atom. The van der Waals surface area contributed by atoms with Gasteiger partial charge in [0.25, 0.3) is 0 Å². The van der Waals surface area contributed by atoms with E-state index in [4.69, 9.17) is 0 Å². The Kier molecular flexibility index (Phi) is 5.55. The summed E-state index contributed by atoms with van der Waals surface area (Å²) in [5.41, 5.74) is 0.927. The second kappa shape index (κ2) is 7.40. The maximum atomic E-state index is 12.3. The van der Waals surface area contributed by atoms with E-state index < -0.39 is 0 Å². The van der Waals surface area contributed by atoms with E-state index >= 15 is 0 Å². The summed E-state index contributed by atoms with van der Waals surface area (Å²) in [6, 6.07) is 10.4. The molecular weight excluding hydrogens is 278 g/mol. The molecule has 2 N–H and O–H groups in total. The van der Waals surface area contributed by atoms with E-state index in [-0.39, 0.29) is 23.8 Å². The van der Waals surface area contributed by atoms with Gasteiger partial charge in [-0.15, -0.1) is 0 Å². The summed E-state index contributed by atoms with van der Waals surface area (Å²) in [6.07, 6.45) is 1.64. The van der Waals surface area contributed by atoms with E-state index in [1.54, 1.807) is 7.05 Å². The Labute approximate surface area is 132 Å². The molecule has 0 saturated carbocycles. The van der Waals surface area contributed by atoms with E-state index in [0.29, 0.717) is 0 Å². The SMILES string of the molecule is CNC(=O)CNC(=O)C1(C)CCN(Cc2ccccc2)CC1. The zero-order chi connectivity index (χ0) is 16.0. The maximum absolute atomic E-state index is 12.3. The summed E-state index contributed by atoms with van der Waals surface area (Å²) in [4.78, 5) is 25.9.